The highest BCUT2D eigenvalue weighted by atomic mass is 19.1. The van der Waals surface area contributed by atoms with Crippen LogP contribution in [0.25, 0.3) is 0 Å². The molecule has 0 spiro atoms. The molecule has 0 saturated carbocycles. The monoisotopic (exact) mass is 267 g/mol. The van der Waals surface area contributed by atoms with Crippen LogP contribution in [0.15, 0.2) is 12.1 Å². The molecular weight excluding hydrogens is 252 g/mol. The van der Waals surface area contributed by atoms with E-state index in [1.54, 1.807) is 20.2 Å². The largest absolute Gasteiger partial charge is 0.349 e. The van der Waals surface area contributed by atoms with E-state index in [2.05, 4.69) is 5.32 Å². The molecule has 0 radical (unpaired) electrons. The van der Waals surface area contributed by atoms with Crippen molar-refractivity contribution in [1.82, 2.24) is 10.2 Å². The second-order valence-electron chi connectivity index (χ2n) is 4.25. The number of halogens is 2. The van der Waals surface area contributed by atoms with Crippen LogP contribution >= 0.6 is 0 Å². The molecule has 1 amide bonds. The molecule has 0 bridgehead atoms. The standard InChI is InChI=1S/C13H15F2N3O/c1-18(2)13(19)3-4-17-8-10-11(14)5-9(7-16)6-12(10)15/h5-6,17H,3-4,8H2,1-2H3. The second-order valence-corrected chi connectivity index (χ2v) is 4.25. The van der Waals surface area contributed by atoms with Gasteiger partial charge in [-0.1, -0.05) is 0 Å². The van der Waals surface area contributed by atoms with E-state index in [-0.39, 0.29) is 30.0 Å². The van der Waals surface area contributed by atoms with Gasteiger partial charge in [0.2, 0.25) is 5.91 Å². The minimum absolute atomic E-state index is 0.0237. The summed E-state index contributed by atoms with van der Waals surface area (Å²) in [6.07, 6.45) is 0.256. The van der Waals surface area contributed by atoms with Gasteiger partial charge >= 0.3 is 0 Å². The molecule has 19 heavy (non-hydrogen) atoms. The molecule has 0 aliphatic carbocycles. The molecule has 4 nitrogen and oxygen atoms in total. The van der Waals surface area contributed by atoms with Crippen LogP contribution in [-0.2, 0) is 11.3 Å². The van der Waals surface area contributed by atoms with Gasteiger partial charge in [0, 0.05) is 39.2 Å². The average molecular weight is 267 g/mol. The minimum Gasteiger partial charge on any atom is -0.349 e. The van der Waals surface area contributed by atoms with Gasteiger partial charge in [0.15, 0.2) is 0 Å². The van der Waals surface area contributed by atoms with Crippen molar-refractivity contribution in [2.45, 2.75) is 13.0 Å². The van der Waals surface area contributed by atoms with Crippen LogP contribution in [0.4, 0.5) is 8.78 Å². The van der Waals surface area contributed by atoms with Crippen LogP contribution in [0, 0.1) is 23.0 Å². The number of benzene rings is 1. The molecule has 0 aliphatic heterocycles. The fourth-order valence-corrected chi connectivity index (χ4v) is 1.47. The van der Waals surface area contributed by atoms with E-state index in [1.807, 2.05) is 0 Å². The number of amides is 1. The molecule has 0 saturated heterocycles. The van der Waals surface area contributed by atoms with Gasteiger partial charge in [0.05, 0.1) is 11.6 Å². The highest BCUT2D eigenvalue weighted by Crippen LogP contribution is 2.14. The van der Waals surface area contributed by atoms with E-state index < -0.39 is 11.6 Å². The van der Waals surface area contributed by atoms with E-state index in [0.717, 1.165) is 12.1 Å². The van der Waals surface area contributed by atoms with E-state index >= 15 is 0 Å². The zero-order chi connectivity index (χ0) is 14.4. The third-order valence-electron chi connectivity index (χ3n) is 2.59. The fourth-order valence-electron chi connectivity index (χ4n) is 1.47. The zero-order valence-electron chi connectivity index (χ0n) is 10.8. The van der Waals surface area contributed by atoms with Gasteiger partial charge in [0.25, 0.3) is 0 Å². The number of nitrogens with zero attached hydrogens (tertiary/aromatic N) is 2. The number of hydrogen-bond donors (Lipinski definition) is 1. The molecule has 6 heteroatoms. The van der Waals surface area contributed by atoms with Crippen LogP contribution in [0.5, 0.6) is 0 Å². The first-order valence-corrected chi connectivity index (χ1v) is 5.74. The number of hydrogen-bond acceptors (Lipinski definition) is 3. The summed E-state index contributed by atoms with van der Waals surface area (Å²) in [5, 5.41) is 11.4. The maximum atomic E-state index is 13.5. The molecule has 0 atom stereocenters. The number of rotatable bonds is 5. The third kappa shape index (κ3) is 4.30. The van der Waals surface area contributed by atoms with Gasteiger partial charge in [-0.25, -0.2) is 8.78 Å². The number of nitriles is 1. The first-order chi connectivity index (χ1) is 8.95. The molecule has 0 aromatic heterocycles. The average Bonchev–Trinajstić information content (AvgIpc) is 2.36. The van der Waals surface area contributed by atoms with E-state index in [4.69, 9.17) is 5.26 Å². The Kier molecular flexibility index (Phi) is 5.39. The molecule has 1 N–H and O–H groups in total. The summed E-state index contributed by atoms with van der Waals surface area (Å²) < 4.78 is 27.0. The number of carbonyl (C=O) groups excluding carboxylic acids is 1. The van der Waals surface area contributed by atoms with Crippen molar-refractivity contribution in [3.63, 3.8) is 0 Å². The van der Waals surface area contributed by atoms with Gasteiger partial charge in [-0.2, -0.15) is 5.26 Å². The molecule has 0 aliphatic rings. The van der Waals surface area contributed by atoms with Crippen molar-refractivity contribution in [3.05, 3.63) is 34.9 Å². The fraction of sp³-hybridized carbons (Fsp3) is 0.385. The van der Waals surface area contributed by atoms with Crippen molar-refractivity contribution in [2.24, 2.45) is 0 Å². The molecular formula is C13H15F2N3O. The quantitative estimate of drug-likeness (QED) is 0.820. The topological polar surface area (TPSA) is 56.1 Å². The smallest absolute Gasteiger partial charge is 0.223 e. The van der Waals surface area contributed by atoms with Crippen molar-refractivity contribution in [3.8, 4) is 6.07 Å². The first kappa shape index (κ1) is 15.1. The van der Waals surface area contributed by atoms with E-state index in [0.29, 0.717) is 6.54 Å². The lowest BCUT2D eigenvalue weighted by molar-refractivity contribution is -0.128. The van der Waals surface area contributed by atoms with Crippen molar-refractivity contribution < 1.29 is 13.6 Å². The molecule has 0 heterocycles. The maximum Gasteiger partial charge on any atom is 0.223 e. The molecule has 0 fully saturated rings. The van der Waals surface area contributed by atoms with Gasteiger partial charge in [-0.15, -0.1) is 0 Å². The zero-order valence-corrected chi connectivity index (χ0v) is 10.8. The predicted molar refractivity (Wildman–Crippen MR) is 66.1 cm³/mol. The summed E-state index contributed by atoms with van der Waals surface area (Å²) in [7, 11) is 3.28. The van der Waals surface area contributed by atoms with Crippen molar-refractivity contribution in [1.29, 1.82) is 5.26 Å². The summed E-state index contributed by atoms with van der Waals surface area (Å²) in [6.45, 7) is 0.306. The van der Waals surface area contributed by atoms with E-state index in [1.165, 1.54) is 4.90 Å². The van der Waals surface area contributed by atoms with Gasteiger partial charge in [-0.3, -0.25) is 4.79 Å². The van der Waals surface area contributed by atoms with Gasteiger partial charge < -0.3 is 10.2 Å². The van der Waals surface area contributed by atoms with E-state index in [9.17, 15) is 13.6 Å². The molecule has 1 rings (SSSR count). The molecule has 0 unspecified atom stereocenters. The summed E-state index contributed by atoms with van der Waals surface area (Å²) in [5.74, 6) is -1.58. The molecule has 1 aromatic rings. The highest BCUT2D eigenvalue weighted by Gasteiger charge is 2.11. The third-order valence-corrected chi connectivity index (χ3v) is 2.59. The van der Waals surface area contributed by atoms with Crippen LogP contribution in [0.1, 0.15) is 17.5 Å². The summed E-state index contributed by atoms with van der Waals surface area (Å²) in [5.41, 5.74) is -0.183. The molecule has 102 valence electrons. The summed E-state index contributed by atoms with van der Waals surface area (Å²) in [4.78, 5) is 12.7. The van der Waals surface area contributed by atoms with Crippen molar-refractivity contribution >= 4 is 5.91 Å². The Labute approximate surface area is 110 Å². The SMILES string of the molecule is CN(C)C(=O)CCNCc1c(F)cc(C#N)cc1F. The second kappa shape index (κ2) is 6.81. The van der Waals surface area contributed by atoms with Crippen LogP contribution in [0.2, 0.25) is 0 Å². The number of carbonyl (C=O) groups is 1. The van der Waals surface area contributed by atoms with Gasteiger partial charge in [-0.05, 0) is 12.1 Å². The lowest BCUT2D eigenvalue weighted by atomic mass is 10.1. The Hall–Kier alpha value is -2.00. The number of nitrogens with one attached hydrogen (secondary N) is 1. The lowest BCUT2D eigenvalue weighted by Gasteiger charge is -2.11. The van der Waals surface area contributed by atoms with Crippen molar-refractivity contribution in [2.75, 3.05) is 20.6 Å². The first-order valence-electron chi connectivity index (χ1n) is 5.74. The highest BCUT2D eigenvalue weighted by molar-refractivity contribution is 5.75. The maximum absolute atomic E-state index is 13.5. The Morgan fingerprint density at radius 3 is 2.42 bits per heavy atom. The summed E-state index contributed by atoms with van der Waals surface area (Å²) >= 11 is 0. The van der Waals surface area contributed by atoms with Crippen LogP contribution < -0.4 is 5.32 Å². The Morgan fingerprint density at radius 1 is 1.37 bits per heavy atom. The Balaban J connectivity index is 2.55. The minimum atomic E-state index is -0.761. The molecule has 1 aromatic carbocycles. The summed E-state index contributed by atoms with van der Waals surface area (Å²) in [6, 6.07) is 3.66. The van der Waals surface area contributed by atoms with Gasteiger partial charge in [0.1, 0.15) is 11.6 Å². The van der Waals surface area contributed by atoms with Crippen LogP contribution in [-0.4, -0.2) is 31.4 Å². The van der Waals surface area contributed by atoms with Crippen LogP contribution in [0.3, 0.4) is 0 Å². The predicted octanol–water partition coefficient (Wildman–Crippen LogP) is 1.40. The lowest BCUT2D eigenvalue weighted by Crippen LogP contribution is -2.26. The Bertz CT molecular complexity index is 486. The normalized spacial score (nSPS) is 10.1. The Morgan fingerprint density at radius 2 is 1.95 bits per heavy atom.